The Labute approximate surface area is 190 Å². The van der Waals surface area contributed by atoms with Crippen molar-refractivity contribution in [3.05, 3.63) is 59.4 Å². The zero-order valence-corrected chi connectivity index (χ0v) is 18.1. The molecule has 0 spiro atoms. The van der Waals surface area contributed by atoms with Gasteiger partial charge in [0, 0.05) is 23.5 Å². The third-order valence-corrected chi connectivity index (χ3v) is 7.32. The Balaban J connectivity index is 1.59. The first-order valence-electron chi connectivity index (χ1n) is 9.62. The molecule has 3 aromatic rings. The van der Waals surface area contributed by atoms with E-state index in [9.17, 15) is 26.9 Å². The molecule has 33 heavy (non-hydrogen) atoms. The predicted molar refractivity (Wildman–Crippen MR) is 114 cm³/mol. The van der Waals surface area contributed by atoms with Crippen LogP contribution in [-0.4, -0.2) is 34.7 Å². The molecule has 5 rings (SSSR count). The molecule has 12 heteroatoms. The molecular weight excluding hydrogens is 479 g/mol. The molecule has 0 atom stereocenters. The fourth-order valence-corrected chi connectivity index (χ4v) is 5.19. The number of alkyl halides is 3. The number of nitrogens with zero attached hydrogens (tertiary/aromatic N) is 4. The SMILES string of the molecule is N#Cc1c(-c2ccc(S(=O)(=O)NC3(C(F)(F)F)CC3)cn2)n(C2=CC=C2)c2ncc(Cl)cc12. The molecule has 0 aromatic carbocycles. The third-order valence-electron chi connectivity index (χ3n) is 5.59. The van der Waals surface area contributed by atoms with E-state index in [-0.39, 0.29) is 24.1 Å². The second-order valence-electron chi connectivity index (χ2n) is 7.71. The van der Waals surface area contributed by atoms with E-state index in [2.05, 4.69) is 16.0 Å². The lowest BCUT2D eigenvalue weighted by molar-refractivity contribution is -0.160. The van der Waals surface area contributed by atoms with Crippen LogP contribution in [0.3, 0.4) is 0 Å². The van der Waals surface area contributed by atoms with Crippen molar-refractivity contribution in [1.29, 1.82) is 5.26 Å². The minimum atomic E-state index is -4.69. The van der Waals surface area contributed by atoms with Crippen molar-refractivity contribution < 1.29 is 21.6 Å². The van der Waals surface area contributed by atoms with Crippen molar-refractivity contribution >= 4 is 38.4 Å². The van der Waals surface area contributed by atoms with Gasteiger partial charge < -0.3 is 0 Å². The molecule has 2 aliphatic rings. The Kier molecular flexibility index (Phi) is 4.69. The minimum Gasteiger partial charge on any atom is -0.291 e. The molecule has 3 heterocycles. The summed E-state index contributed by atoms with van der Waals surface area (Å²) in [6.45, 7) is 0. The van der Waals surface area contributed by atoms with Crippen molar-refractivity contribution in [2.45, 2.75) is 29.5 Å². The van der Waals surface area contributed by atoms with Crippen LogP contribution >= 0.6 is 11.6 Å². The summed E-state index contributed by atoms with van der Waals surface area (Å²) in [6, 6.07) is 6.22. The van der Waals surface area contributed by atoms with Crippen LogP contribution in [0.4, 0.5) is 13.2 Å². The Morgan fingerprint density at radius 1 is 1.21 bits per heavy atom. The first kappa shape index (κ1) is 21.6. The van der Waals surface area contributed by atoms with E-state index in [0.717, 1.165) is 18.0 Å². The molecule has 0 amide bonds. The van der Waals surface area contributed by atoms with Crippen molar-refractivity contribution in [1.82, 2.24) is 19.3 Å². The number of pyridine rings is 2. The average molecular weight is 492 g/mol. The van der Waals surface area contributed by atoms with Gasteiger partial charge in [0.2, 0.25) is 10.0 Å². The largest absolute Gasteiger partial charge is 0.407 e. The summed E-state index contributed by atoms with van der Waals surface area (Å²) in [4.78, 5) is 8.09. The molecular formula is C21H13ClF3N5O2S. The van der Waals surface area contributed by atoms with Gasteiger partial charge in [-0.05, 0) is 43.2 Å². The second-order valence-corrected chi connectivity index (χ2v) is 9.83. The predicted octanol–water partition coefficient (Wildman–Crippen LogP) is 4.41. The van der Waals surface area contributed by atoms with Crippen LogP contribution in [-0.2, 0) is 10.0 Å². The lowest BCUT2D eigenvalue weighted by Gasteiger charge is -2.20. The standard InChI is InChI=1S/C21H13ClF3N5O2S/c22-12-8-15-16(9-26)18(30(13-2-1-3-13)19(15)28-10-12)17-5-4-14(11-27-17)33(31,32)29-20(6-7-20)21(23,24)25/h1-5,8,10-11,29H,6-7H2. The van der Waals surface area contributed by atoms with Crippen molar-refractivity contribution in [2.24, 2.45) is 0 Å². The first-order valence-corrected chi connectivity index (χ1v) is 11.5. The molecule has 7 nitrogen and oxygen atoms in total. The van der Waals surface area contributed by atoms with Crippen LogP contribution in [0.2, 0.25) is 5.02 Å². The number of nitrogens with one attached hydrogen (secondary N) is 1. The monoisotopic (exact) mass is 491 g/mol. The Bertz CT molecular complexity index is 1510. The van der Waals surface area contributed by atoms with Gasteiger partial charge in [-0.25, -0.2) is 13.4 Å². The van der Waals surface area contributed by atoms with Gasteiger partial charge in [-0.2, -0.15) is 23.2 Å². The van der Waals surface area contributed by atoms with Crippen LogP contribution < -0.4 is 4.72 Å². The van der Waals surface area contributed by atoms with Gasteiger partial charge in [0.15, 0.2) is 0 Å². The number of sulfonamides is 1. The number of aromatic nitrogens is 3. The number of hydrogen-bond donors (Lipinski definition) is 1. The van der Waals surface area contributed by atoms with Crippen molar-refractivity contribution in [2.75, 3.05) is 0 Å². The minimum absolute atomic E-state index is 0.233. The van der Waals surface area contributed by atoms with E-state index < -0.39 is 26.6 Å². The number of allylic oxidation sites excluding steroid dienone is 4. The highest BCUT2D eigenvalue weighted by molar-refractivity contribution is 7.89. The van der Waals surface area contributed by atoms with E-state index in [1.54, 1.807) is 33.6 Å². The molecule has 168 valence electrons. The molecule has 0 aliphatic heterocycles. The van der Waals surface area contributed by atoms with Crippen LogP contribution in [0.25, 0.3) is 28.1 Å². The molecule has 1 fully saturated rings. The van der Waals surface area contributed by atoms with Crippen molar-refractivity contribution in [3.63, 3.8) is 0 Å². The van der Waals surface area contributed by atoms with Gasteiger partial charge in [0.25, 0.3) is 0 Å². The van der Waals surface area contributed by atoms with Crippen LogP contribution in [0.15, 0.2) is 53.7 Å². The topological polar surface area (TPSA) is 101 Å². The van der Waals surface area contributed by atoms with E-state index in [1.165, 1.54) is 12.3 Å². The zero-order chi connectivity index (χ0) is 23.6. The van der Waals surface area contributed by atoms with Gasteiger partial charge in [0.1, 0.15) is 22.2 Å². The maximum atomic E-state index is 13.2. The molecule has 0 unspecified atom stereocenters. The van der Waals surface area contributed by atoms with Crippen LogP contribution in [0, 0.1) is 11.3 Å². The summed E-state index contributed by atoms with van der Waals surface area (Å²) >= 11 is 6.06. The number of rotatable bonds is 5. The Morgan fingerprint density at radius 2 is 1.94 bits per heavy atom. The normalized spacial score (nSPS) is 16.9. The number of fused-ring (bicyclic) bond motifs is 1. The fraction of sp³-hybridized carbons (Fsp3) is 0.190. The summed E-state index contributed by atoms with van der Waals surface area (Å²) < 4.78 is 68.2. The quantitative estimate of drug-likeness (QED) is 0.570. The van der Waals surface area contributed by atoms with E-state index in [1.807, 2.05) is 0 Å². The van der Waals surface area contributed by atoms with Gasteiger partial charge >= 0.3 is 6.18 Å². The third kappa shape index (κ3) is 3.42. The molecule has 0 bridgehead atoms. The molecule has 1 N–H and O–H groups in total. The van der Waals surface area contributed by atoms with Gasteiger partial charge in [0.05, 0.1) is 22.0 Å². The summed E-state index contributed by atoms with van der Waals surface area (Å²) in [7, 11) is -4.46. The Morgan fingerprint density at radius 3 is 2.45 bits per heavy atom. The number of nitriles is 1. The number of hydrogen-bond acceptors (Lipinski definition) is 5. The summed E-state index contributed by atoms with van der Waals surface area (Å²) in [5.74, 6) is 0. The highest BCUT2D eigenvalue weighted by Gasteiger charge is 2.65. The van der Waals surface area contributed by atoms with E-state index in [4.69, 9.17) is 11.6 Å². The average Bonchev–Trinajstić information content (AvgIpc) is 3.43. The summed E-state index contributed by atoms with van der Waals surface area (Å²) in [5, 5.41) is 10.7. The lowest BCUT2D eigenvalue weighted by atomic mass is 10.1. The molecule has 0 radical (unpaired) electrons. The molecule has 2 aliphatic carbocycles. The molecule has 1 saturated carbocycles. The van der Waals surface area contributed by atoms with Gasteiger partial charge in [-0.15, -0.1) is 0 Å². The fourth-order valence-electron chi connectivity index (χ4n) is 3.64. The summed E-state index contributed by atoms with van der Waals surface area (Å²) in [6.07, 6.45) is 2.50. The Hall–Kier alpha value is -3.20. The van der Waals surface area contributed by atoms with Crippen LogP contribution in [0.1, 0.15) is 18.4 Å². The highest BCUT2D eigenvalue weighted by Crippen LogP contribution is 2.49. The van der Waals surface area contributed by atoms with Gasteiger partial charge in [-0.3, -0.25) is 9.55 Å². The van der Waals surface area contributed by atoms with E-state index >= 15 is 0 Å². The molecule has 3 aromatic heterocycles. The highest BCUT2D eigenvalue weighted by atomic mass is 35.5. The zero-order valence-electron chi connectivity index (χ0n) is 16.6. The molecule has 0 saturated heterocycles. The van der Waals surface area contributed by atoms with E-state index in [0.29, 0.717) is 21.7 Å². The number of halogens is 4. The van der Waals surface area contributed by atoms with Gasteiger partial charge in [-0.1, -0.05) is 17.7 Å². The maximum Gasteiger partial charge on any atom is 0.407 e. The summed E-state index contributed by atoms with van der Waals surface area (Å²) in [5.41, 5.74) is -0.397. The van der Waals surface area contributed by atoms with Crippen LogP contribution in [0.5, 0.6) is 0 Å². The smallest absolute Gasteiger partial charge is 0.291 e. The van der Waals surface area contributed by atoms with Crippen molar-refractivity contribution in [3.8, 4) is 17.5 Å². The maximum absolute atomic E-state index is 13.2. The lowest BCUT2D eigenvalue weighted by Crippen LogP contribution is -2.47. The second kappa shape index (κ2) is 7.15. The first-order chi connectivity index (χ1) is 15.6.